The van der Waals surface area contributed by atoms with Crippen LogP contribution in [-0.2, 0) is 5.41 Å². The first-order valence-electron chi connectivity index (χ1n) is 12.6. The molecule has 0 saturated carbocycles. The fourth-order valence-electron chi connectivity index (χ4n) is 5.79. The Balaban J connectivity index is 1.47. The van der Waals surface area contributed by atoms with E-state index in [2.05, 4.69) is 85.5 Å². The van der Waals surface area contributed by atoms with Gasteiger partial charge in [0.25, 0.3) is 0 Å². The predicted octanol–water partition coefficient (Wildman–Crippen LogP) is 6.81. The quantitative estimate of drug-likeness (QED) is 0.271. The van der Waals surface area contributed by atoms with Gasteiger partial charge in [0.2, 0.25) is 0 Å². The summed E-state index contributed by atoms with van der Waals surface area (Å²) in [5, 5.41) is 20.2. The minimum absolute atomic E-state index is 0.0898. The van der Waals surface area contributed by atoms with Gasteiger partial charge in [0.15, 0.2) is 0 Å². The van der Waals surface area contributed by atoms with Crippen LogP contribution in [0.5, 0.6) is 0 Å². The molecular weight excluding hydrogens is 453 g/mol. The van der Waals surface area contributed by atoms with Crippen LogP contribution in [0.15, 0.2) is 121 Å². The highest BCUT2D eigenvalue weighted by atomic mass is 16.4. The molecule has 4 heteroatoms. The molecule has 2 N–H and O–H groups in total. The molecule has 0 aromatic heterocycles. The zero-order valence-electron chi connectivity index (χ0n) is 21.0. The molecule has 0 amide bonds. The monoisotopic (exact) mass is 481 g/mol. The van der Waals surface area contributed by atoms with Gasteiger partial charge < -0.3 is 14.9 Å². The van der Waals surface area contributed by atoms with Gasteiger partial charge in [-0.25, -0.2) is 0 Å². The highest BCUT2D eigenvalue weighted by Gasteiger charge is 2.37. The Labute approximate surface area is 218 Å². The Morgan fingerprint density at radius 3 is 1.92 bits per heavy atom. The Bertz CT molecular complexity index is 1580. The van der Waals surface area contributed by atoms with Crippen LogP contribution < -0.4 is 10.4 Å². The summed E-state index contributed by atoms with van der Waals surface area (Å²) in [5.41, 5.74) is 10.7. The molecule has 180 valence electrons. The predicted molar refractivity (Wildman–Crippen MR) is 154 cm³/mol. The van der Waals surface area contributed by atoms with Crippen LogP contribution in [0.2, 0.25) is 0 Å². The molecule has 1 aliphatic carbocycles. The number of nitrogens with zero attached hydrogens (tertiary/aromatic N) is 1. The summed E-state index contributed by atoms with van der Waals surface area (Å²) in [6.45, 7) is 4.62. The van der Waals surface area contributed by atoms with Crippen molar-refractivity contribution in [3.63, 3.8) is 0 Å². The van der Waals surface area contributed by atoms with E-state index < -0.39 is 7.12 Å². The summed E-state index contributed by atoms with van der Waals surface area (Å²) in [6.07, 6.45) is 0. The fraction of sp³-hybridized carbons (Fsp3) is 0.0909. The van der Waals surface area contributed by atoms with Crippen LogP contribution in [0.25, 0.3) is 22.3 Å². The highest BCUT2D eigenvalue weighted by Crippen LogP contribution is 2.52. The molecule has 0 spiro atoms. The van der Waals surface area contributed by atoms with E-state index >= 15 is 0 Å². The molecule has 0 saturated heterocycles. The minimum Gasteiger partial charge on any atom is -0.423 e. The van der Waals surface area contributed by atoms with Gasteiger partial charge in [0, 0.05) is 27.9 Å². The number of benzene rings is 5. The van der Waals surface area contributed by atoms with Crippen LogP contribution in [0.3, 0.4) is 0 Å². The molecular formula is C33H28BNO2. The van der Waals surface area contributed by atoms with Crippen LogP contribution in [-0.4, -0.2) is 17.2 Å². The van der Waals surface area contributed by atoms with Gasteiger partial charge in [-0.3, -0.25) is 0 Å². The Morgan fingerprint density at radius 1 is 0.568 bits per heavy atom. The number of anilines is 3. The minimum atomic E-state index is -1.57. The van der Waals surface area contributed by atoms with E-state index in [1.807, 2.05) is 48.5 Å². The molecule has 0 aliphatic heterocycles. The molecule has 6 rings (SSSR count). The van der Waals surface area contributed by atoms with Crippen molar-refractivity contribution in [1.82, 2.24) is 0 Å². The zero-order valence-corrected chi connectivity index (χ0v) is 21.0. The van der Waals surface area contributed by atoms with Crippen molar-refractivity contribution in [3.8, 4) is 22.3 Å². The van der Waals surface area contributed by atoms with Crippen molar-refractivity contribution < 1.29 is 10.0 Å². The Hall–Kier alpha value is -4.12. The molecule has 5 aromatic rings. The van der Waals surface area contributed by atoms with Crippen LogP contribution in [0.1, 0.15) is 25.0 Å². The number of para-hydroxylation sites is 2. The summed E-state index contributed by atoms with van der Waals surface area (Å²) < 4.78 is 0. The Morgan fingerprint density at radius 2 is 1.16 bits per heavy atom. The summed E-state index contributed by atoms with van der Waals surface area (Å²) >= 11 is 0. The third-order valence-electron chi connectivity index (χ3n) is 7.49. The lowest BCUT2D eigenvalue weighted by molar-refractivity contribution is 0.426. The van der Waals surface area contributed by atoms with Gasteiger partial charge in [-0.05, 0) is 63.7 Å². The first kappa shape index (κ1) is 23.3. The molecule has 0 heterocycles. The smallest absolute Gasteiger partial charge is 0.423 e. The molecule has 5 aromatic carbocycles. The van der Waals surface area contributed by atoms with Gasteiger partial charge in [-0.2, -0.15) is 0 Å². The maximum atomic E-state index is 10.1. The summed E-state index contributed by atoms with van der Waals surface area (Å²) in [7, 11) is -1.57. The van der Waals surface area contributed by atoms with Crippen molar-refractivity contribution in [1.29, 1.82) is 0 Å². The number of hydrogen-bond acceptors (Lipinski definition) is 3. The maximum absolute atomic E-state index is 10.1. The van der Waals surface area contributed by atoms with Crippen LogP contribution in [0, 0.1) is 0 Å². The highest BCUT2D eigenvalue weighted by molar-refractivity contribution is 6.60. The van der Waals surface area contributed by atoms with Gasteiger partial charge in [-0.15, -0.1) is 0 Å². The summed E-state index contributed by atoms with van der Waals surface area (Å²) in [6, 6.07) is 41.3. The third kappa shape index (κ3) is 3.86. The summed E-state index contributed by atoms with van der Waals surface area (Å²) in [5.74, 6) is 0. The van der Waals surface area contributed by atoms with E-state index in [4.69, 9.17) is 0 Å². The summed E-state index contributed by atoms with van der Waals surface area (Å²) in [4.78, 5) is 2.06. The lowest BCUT2D eigenvalue weighted by Gasteiger charge is -2.28. The molecule has 0 radical (unpaired) electrons. The Kier molecular flexibility index (Phi) is 5.71. The fourth-order valence-corrected chi connectivity index (χ4v) is 5.79. The first-order valence-corrected chi connectivity index (χ1v) is 12.6. The lowest BCUT2D eigenvalue weighted by Crippen LogP contribution is -2.34. The van der Waals surface area contributed by atoms with Gasteiger partial charge in [0.05, 0.1) is 0 Å². The number of hydrogen-bond donors (Lipinski definition) is 2. The van der Waals surface area contributed by atoms with E-state index in [0.717, 1.165) is 22.6 Å². The third-order valence-corrected chi connectivity index (χ3v) is 7.49. The van der Waals surface area contributed by atoms with E-state index in [1.54, 1.807) is 6.07 Å². The molecule has 0 atom stereocenters. The molecule has 37 heavy (non-hydrogen) atoms. The van der Waals surface area contributed by atoms with Crippen molar-refractivity contribution in [3.05, 3.63) is 132 Å². The first-order chi connectivity index (χ1) is 18.0. The second kappa shape index (κ2) is 9.08. The van der Waals surface area contributed by atoms with Gasteiger partial charge in [0.1, 0.15) is 0 Å². The van der Waals surface area contributed by atoms with Gasteiger partial charge in [-0.1, -0.05) is 105 Å². The average molecular weight is 481 g/mol. The van der Waals surface area contributed by atoms with E-state index in [1.165, 1.54) is 27.8 Å². The molecule has 0 unspecified atom stereocenters. The standard InChI is InChI=1S/C33H28BNO2/c1-33(2)29-16-7-6-13-27(29)28-15-10-14-26(32(28)33)23-19-21-25(22-20-23)35(24-11-4-3-5-12-24)31-18-9-8-17-30(31)34(36)37/h3-22,36-37H,1-2H3. The van der Waals surface area contributed by atoms with E-state index in [9.17, 15) is 10.0 Å². The molecule has 1 aliphatic rings. The maximum Gasteiger partial charge on any atom is 0.490 e. The number of rotatable bonds is 5. The SMILES string of the molecule is CC1(C)c2ccccc2-c2cccc(-c3ccc(N(c4ccccc4)c4ccccc4B(O)O)cc3)c21. The number of fused-ring (bicyclic) bond motifs is 3. The van der Waals surface area contributed by atoms with E-state index in [-0.39, 0.29) is 5.41 Å². The van der Waals surface area contributed by atoms with Crippen molar-refractivity contribution >= 4 is 29.6 Å². The lowest BCUT2D eigenvalue weighted by atomic mass is 9.78. The van der Waals surface area contributed by atoms with Crippen LogP contribution >= 0.6 is 0 Å². The largest absolute Gasteiger partial charge is 0.490 e. The zero-order chi connectivity index (χ0) is 25.6. The van der Waals surface area contributed by atoms with Gasteiger partial charge >= 0.3 is 7.12 Å². The van der Waals surface area contributed by atoms with Crippen molar-refractivity contribution in [2.75, 3.05) is 4.90 Å². The normalized spacial score (nSPS) is 13.1. The van der Waals surface area contributed by atoms with Crippen molar-refractivity contribution in [2.24, 2.45) is 0 Å². The average Bonchev–Trinajstić information content (AvgIpc) is 3.17. The topological polar surface area (TPSA) is 43.7 Å². The molecule has 0 bridgehead atoms. The van der Waals surface area contributed by atoms with E-state index in [0.29, 0.717) is 5.46 Å². The molecule has 0 fully saturated rings. The van der Waals surface area contributed by atoms with Crippen LogP contribution in [0.4, 0.5) is 17.1 Å². The molecule has 3 nitrogen and oxygen atoms in total. The second-order valence-electron chi connectivity index (χ2n) is 10.0. The van der Waals surface area contributed by atoms with Crippen molar-refractivity contribution in [2.45, 2.75) is 19.3 Å². The second-order valence-corrected chi connectivity index (χ2v) is 10.0.